The number of nitrogens with zero attached hydrogens (tertiary/aromatic N) is 1. The molecule has 3 aromatic carbocycles. The van der Waals surface area contributed by atoms with E-state index in [2.05, 4.69) is 16.8 Å². The minimum absolute atomic E-state index is 0.0217. The molecule has 0 radical (unpaired) electrons. The lowest BCUT2D eigenvalue weighted by Crippen LogP contribution is -2.15. The van der Waals surface area contributed by atoms with Crippen LogP contribution in [0.15, 0.2) is 72.8 Å². The largest absolute Gasteiger partial charge is 0.497 e. The molecule has 1 unspecified atom stereocenters. The summed E-state index contributed by atoms with van der Waals surface area (Å²) in [6.07, 6.45) is -0.415. The molecule has 0 saturated carbocycles. The number of pyridine rings is 1. The lowest BCUT2D eigenvalue weighted by atomic mass is 10.1. The van der Waals surface area contributed by atoms with Crippen molar-refractivity contribution >= 4 is 28.5 Å². The molecular formula is C29H24ClNO5. The van der Waals surface area contributed by atoms with Crippen LogP contribution in [0, 0.1) is 11.8 Å². The molecule has 1 N–H and O–H groups in total. The van der Waals surface area contributed by atoms with Crippen molar-refractivity contribution in [3.05, 3.63) is 100 Å². The molecule has 7 heteroatoms. The quantitative estimate of drug-likeness (QED) is 0.292. The van der Waals surface area contributed by atoms with Crippen molar-refractivity contribution in [1.82, 2.24) is 4.98 Å². The minimum atomic E-state index is -1.10. The Morgan fingerprint density at radius 2 is 1.89 bits per heavy atom. The highest BCUT2D eigenvalue weighted by Crippen LogP contribution is 2.27. The van der Waals surface area contributed by atoms with E-state index in [0.29, 0.717) is 23.1 Å². The van der Waals surface area contributed by atoms with Gasteiger partial charge in [0.2, 0.25) is 0 Å². The number of rotatable bonds is 8. The van der Waals surface area contributed by atoms with Gasteiger partial charge in [0, 0.05) is 22.6 Å². The van der Waals surface area contributed by atoms with E-state index in [1.165, 1.54) is 13.2 Å². The molecule has 1 heterocycles. The van der Waals surface area contributed by atoms with Gasteiger partial charge < -0.3 is 19.3 Å². The van der Waals surface area contributed by atoms with E-state index in [0.717, 1.165) is 22.0 Å². The van der Waals surface area contributed by atoms with Crippen LogP contribution in [0.2, 0.25) is 5.02 Å². The van der Waals surface area contributed by atoms with Crippen molar-refractivity contribution < 1.29 is 24.1 Å². The Balaban J connectivity index is 1.54. The summed E-state index contributed by atoms with van der Waals surface area (Å²) >= 11 is 6.09. The fraction of sp³-hybridized carbons (Fsp3) is 0.172. The predicted octanol–water partition coefficient (Wildman–Crippen LogP) is 6.15. The summed E-state index contributed by atoms with van der Waals surface area (Å²) in [4.78, 5) is 16.2. The summed E-state index contributed by atoms with van der Waals surface area (Å²) in [6, 6.07) is 21.7. The van der Waals surface area contributed by atoms with Crippen LogP contribution in [-0.2, 0) is 4.74 Å². The maximum absolute atomic E-state index is 11.7. The highest BCUT2D eigenvalue weighted by atomic mass is 35.5. The SMILES string of the molecule is CCOC(COc1ccc(OC)cc1C(=O)O)c1cccc(C#Cc2ccc3ccc(Cl)cc3n2)c1. The fourth-order valence-electron chi connectivity index (χ4n) is 3.65. The third-order valence-corrected chi connectivity index (χ3v) is 5.66. The molecule has 0 amide bonds. The smallest absolute Gasteiger partial charge is 0.339 e. The predicted molar refractivity (Wildman–Crippen MR) is 139 cm³/mol. The van der Waals surface area contributed by atoms with E-state index in [9.17, 15) is 9.90 Å². The van der Waals surface area contributed by atoms with Crippen LogP contribution in [0.4, 0.5) is 0 Å². The molecule has 0 fully saturated rings. The van der Waals surface area contributed by atoms with Crippen LogP contribution in [0.1, 0.15) is 40.2 Å². The van der Waals surface area contributed by atoms with Gasteiger partial charge in [-0.25, -0.2) is 9.78 Å². The monoisotopic (exact) mass is 501 g/mol. The van der Waals surface area contributed by atoms with E-state index < -0.39 is 12.1 Å². The van der Waals surface area contributed by atoms with Gasteiger partial charge in [0.25, 0.3) is 0 Å². The molecule has 0 aliphatic carbocycles. The average molecular weight is 502 g/mol. The zero-order chi connectivity index (χ0) is 25.5. The number of methoxy groups -OCH3 is 1. The summed E-state index contributed by atoms with van der Waals surface area (Å²) in [5.74, 6) is 5.85. The summed E-state index contributed by atoms with van der Waals surface area (Å²) in [6.45, 7) is 2.48. The third kappa shape index (κ3) is 6.14. The van der Waals surface area contributed by atoms with Gasteiger partial charge in [-0.3, -0.25) is 0 Å². The topological polar surface area (TPSA) is 77.9 Å². The van der Waals surface area contributed by atoms with Gasteiger partial charge in [-0.2, -0.15) is 0 Å². The Morgan fingerprint density at radius 1 is 1.06 bits per heavy atom. The van der Waals surface area contributed by atoms with Crippen LogP contribution < -0.4 is 9.47 Å². The number of benzene rings is 3. The summed E-state index contributed by atoms with van der Waals surface area (Å²) in [7, 11) is 1.48. The molecule has 4 aromatic rings. The van der Waals surface area contributed by atoms with Gasteiger partial charge in [0.15, 0.2) is 0 Å². The van der Waals surface area contributed by atoms with Gasteiger partial charge in [-0.05, 0) is 66.9 Å². The number of halogens is 1. The second kappa shape index (κ2) is 11.6. The number of hydrogen-bond donors (Lipinski definition) is 1. The lowest BCUT2D eigenvalue weighted by molar-refractivity contribution is 0.0260. The maximum Gasteiger partial charge on any atom is 0.339 e. The number of hydrogen-bond acceptors (Lipinski definition) is 5. The molecule has 0 bridgehead atoms. The van der Waals surface area contributed by atoms with Gasteiger partial charge in [-0.15, -0.1) is 0 Å². The van der Waals surface area contributed by atoms with Crippen molar-refractivity contribution in [1.29, 1.82) is 0 Å². The van der Waals surface area contributed by atoms with E-state index in [1.54, 1.807) is 12.1 Å². The zero-order valence-corrected chi connectivity index (χ0v) is 20.6. The van der Waals surface area contributed by atoms with Gasteiger partial charge in [-0.1, -0.05) is 41.8 Å². The molecule has 1 aromatic heterocycles. The minimum Gasteiger partial charge on any atom is -0.497 e. The lowest BCUT2D eigenvalue weighted by Gasteiger charge is -2.19. The zero-order valence-electron chi connectivity index (χ0n) is 19.8. The molecule has 36 heavy (non-hydrogen) atoms. The molecule has 0 spiro atoms. The summed E-state index contributed by atoms with van der Waals surface area (Å²) in [5.41, 5.74) is 3.11. The van der Waals surface area contributed by atoms with Crippen molar-refractivity contribution in [3.63, 3.8) is 0 Å². The van der Waals surface area contributed by atoms with Crippen LogP contribution >= 0.6 is 11.6 Å². The molecule has 6 nitrogen and oxygen atoms in total. The van der Waals surface area contributed by atoms with Crippen LogP contribution in [0.5, 0.6) is 11.5 Å². The Labute approximate surface area is 214 Å². The second-order valence-electron chi connectivity index (χ2n) is 7.83. The number of carboxylic acid groups (broad SMARTS) is 1. The van der Waals surface area contributed by atoms with Crippen LogP contribution in [0.25, 0.3) is 10.9 Å². The number of fused-ring (bicyclic) bond motifs is 1. The van der Waals surface area contributed by atoms with Crippen molar-refractivity contribution in [2.75, 3.05) is 20.3 Å². The van der Waals surface area contributed by atoms with Gasteiger partial charge >= 0.3 is 5.97 Å². The fourth-order valence-corrected chi connectivity index (χ4v) is 3.82. The van der Waals surface area contributed by atoms with Crippen molar-refractivity contribution in [2.45, 2.75) is 13.0 Å². The van der Waals surface area contributed by atoms with Crippen molar-refractivity contribution in [2.24, 2.45) is 0 Å². The van der Waals surface area contributed by atoms with Crippen molar-refractivity contribution in [3.8, 4) is 23.3 Å². The standard InChI is InChI=1S/C29H24ClNO5/c1-3-35-28(18-36-27-14-13-24(34-2)17-25(27)29(32)33)21-6-4-5-19(15-21)7-11-23-12-9-20-8-10-22(30)16-26(20)31-23/h4-6,8-10,12-17,28H,3,18H2,1-2H3,(H,32,33). The maximum atomic E-state index is 11.7. The first kappa shape index (κ1) is 25.1. The molecule has 182 valence electrons. The number of carbonyl (C=O) groups is 1. The van der Waals surface area contributed by atoms with E-state index in [-0.39, 0.29) is 17.9 Å². The Bertz CT molecular complexity index is 1460. The Morgan fingerprint density at radius 3 is 2.67 bits per heavy atom. The first-order valence-corrected chi connectivity index (χ1v) is 11.7. The first-order chi connectivity index (χ1) is 17.5. The van der Waals surface area contributed by atoms with Crippen LogP contribution in [-0.4, -0.2) is 36.4 Å². The molecular weight excluding hydrogens is 478 g/mol. The Kier molecular flexibility index (Phi) is 8.06. The molecule has 0 aliphatic heterocycles. The number of aromatic nitrogens is 1. The second-order valence-corrected chi connectivity index (χ2v) is 8.27. The van der Waals surface area contributed by atoms with Gasteiger partial charge in [0.1, 0.15) is 35.5 Å². The van der Waals surface area contributed by atoms with E-state index in [1.807, 2.05) is 61.5 Å². The molecule has 4 rings (SSSR count). The highest BCUT2D eigenvalue weighted by molar-refractivity contribution is 6.31. The average Bonchev–Trinajstić information content (AvgIpc) is 2.89. The van der Waals surface area contributed by atoms with E-state index in [4.69, 9.17) is 25.8 Å². The third-order valence-electron chi connectivity index (χ3n) is 5.42. The molecule has 1 atom stereocenters. The first-order valence-electron chi connectivity index (χ1n) is 11.3. The van der Waals surface area contributed by atoms with Gasteiger partial charge in [0.05, 0.1) is 12.6 Å². The Hall–Kier alpha value is -4.05. The molecule has 0 saturated heterocycles. The number of ether oxygens (including phenoxy) is 3. The highest BCUT2D eigenvalue weighted by Gasteiger charge is 2.17. The molecule has 0 aliphatic rings. The summed E-state index contributed by atoms with van der Waals surface area (Å²) < 4.78 is 16.9. The number of carboxylic acids is 1. The van der Waals surface area contributed by atoms with Crippen LogP contribution in [0.3, 0.4) is 0 Å². The number of aromatic carboxylic acids is 1. The normalized spacial score (nSPS) is 11.4. The summed E-state index contributed by atoms with van der Waals surface area (Å²) in [5, 5.41) is 11.2. The van der Waals surface area contributed by atoms with E-state index >= 15 is 0 Å².